The Morgan fingerprint density at radius 1 is 1.00 bits per heavy atom. The first-order valence-electron chi connectivity index (χ1n) is 11.7. The quantitative estimate of drug-likeness (QED) is 0.274. The zero-order chi connectivity index (χ0) is 28.2. The van der Waals surface area contributed by atoms with Crippen molar-refractivity contribution in [2.45, 2.75) is 38.6 Å². The fourth-order valence-electron chi connectivity index (χ4n) is 4.87. The molecule has 1 fully saturated rings. The Hall–Kier alpha value is -3.71. The Morgan fingerprint density at radius 2 is 1.56 bits per heavy atom. The lowest BCUT2D eigenvalue weighted by atomic mass is 9.66. The number of nitrogens with one attached hydrogen (secondary N) is 1. The number of aromatic nitrogens is 2. The summed E-state index contributed by atoms with van der Waals surface area (Å²) in [5, 5.41) is 10.1. The zero-order valence-electron chi connectivity index (χ0n) is 20.3. The van der Waals surface area contributed by atoms with Gasteiger partial charge in [-0.15, -0.1) is 24.5 Å². The molecule has 0 bridgehead atoms. The van der Waals surface area contributed by atoms with Crippen LogP contribution in [0.15, 0.2) is 58.1 Å². The van der Waals surface area contributed by atoms with E-state index in [1.165, 1.54) is 16.7 Å². The van der Waals surface area contributed by atoms with Crippen molar-refractivity contribution < 1.29 is 36.5 Å². The SMILES string of the molecule is Cc1c(-c2ccc(Oc3ccc(OC(F)(F)F)cc3)cc2)sc2c1c(=O)[nH]c(=O)n2CC1(CO)CC(F)(F)C1. The van der Waals surface area contributed by atoms with E-state index in [0.29, 0.717) is 26.6 Å². The Kier molecular flexibility index (Phi) is 6.54. The second kappa shape index (κ2) is 9.49. The molecule has 0 spiro atoms. The minimum atomic E-state index is -4.80. The highest BCUT2D eigenvalue weighted by Crippen LogP contribution is 2.53. The highest BCUT2D eigenvalue weighted by molar-refractivity contribution is 7.22. The van der Waals surface area contributed by atoms with Gasteiger partial charge >= 0.3 is 12.1 Å². The number of benzene rings is 2. The van der Waals surface area contributed by atoms with Crippen LogP contribution in [0.2, 0.25) is 0 Å². The van der Waals surface area contributed by atoms with Crippen LogP contribution in [-0.2, 0) is 6.54 Å². The maximum absolute atomic E-state index is 13.6. The summed E-state index contributed by atoms with van der Waals surface area (Å²) < 4.78 is 75.0. The van der Waals surface area contributed by atoms with Crippen LogP contribution >= 0.6 is 11.3 Å². The van der Waals surface area contributed by atoms with Crippen molar-refractivity contribution >= 4 is 21.6 Å². The molecule has 0 radical (unpaired) electrons. The molecule has 0 saturated heterocycles. The Bertz CT molecular complexity index is 1630. The summed E-state index contributed by atoms with van der Waals surface area (Å²) in [6.07, 6.45) is -5.91. The monoisotopic (exact) mass is 568 g/mol. The zero-order valence-corrected chi connectivity index (χ0v) is 21.1. The van der Waals surface area contributed by atoms with Gasteiger partial charge in [0.25, 0.3) is 5.56 Å². The molecule has 4 aromatic rings. The highest BCUT2D eigenvalue weighted by atomic mass is 32.1. The van der Waals surface area contributed by atoms with Gasteiger partial charge in [-0.3, -0.25) is 14.3 Å². The summed E-state index contributed by atoms with van der Waals surface area (Å²) in [5.41, 5.74) is -1.21. The van der Waals surface area contributed by atoms with Gasteiger partial charge in [0.05, 0.1) is 12.0 Å². The summed E-state index contributed by atoms with van der Waals surface area (Å²) in [4.78, 5) is 28.6. The van der Waals surface area contributed by atoms with Gasteiger partial charge in [0.15, 0.2) is 0 Å². The van der Waals surface area contributed by atoms with Crippen molar-refractivity contribution in [1.82, 2.24) is 9.55 Å². The standard InChI is InChI=1S/C26H21F5N2O5S/c1-14-19-21(35)32-23(36)33(12-24(13-34)10-25(27,28)11-24)22(19)39-20(14)15-2-4-16(5-3-15)37-17-6-8-18(9-7-17)38-26(29,30)31/h2-9,34H,10-13H2,1H3,(H,32,35,36). The largest absolute Gasteiger partial charge is 0.573 e. The highest BCUT2D eigenvalue weighted by Gasteiger charge is 2.56. The third kappa shape index (κ3) is 5.41. The van der Waals surface area contributed by atoms with Crippen molar-refractivity contribution in [3.05, 3.63) is 74.9 Å². The summed E-state index contributed by atoms with van der Waals surface area (Å²) >= 11 is 1.16. The number of rotatable bonds is 7. The van der Waals surface area contributed by atoms with Crippen molar-refractivity contribution in [3.63, 3.8) is 0 Å². The van der Waals surface area contributed by atoms with E-state index in [2.05, 4.69) is 9.72 Å². The van der Waals surface area contributed by atoms with Crippen LogP contribution in [0, 0.1) is 12.3 Å². The minimum absolute atomic E-state index is 0.163. The molecule has 206 valence electrons. The van der Waals surface area contributed by atoms with Gasteiger partial charge in [-0.05, 0) is 66.6 Å². The third-order valence-corrected chi connectivity index (χ3v) is 7.94. The molecule has 13 heteroatoms. The Morgan fingerprint density at radius 3 is 2.10 bits per heavy atom. The van der Waals surface area contributed by atoms with E-state index in [0.717, 1.165) is 23.5 Å². The summed E-state index contributed by atoms with van der Waals surface area (Å²) in [6, 6.07) is 11.6. The number of aliphatic hydroxyl groups is 1. The van der Waals surface area contributed by atoms with Crippen LogP contribution in [0.4, 0.5) is 22.0 Å². The van der Waals surface area contributed by atoms with Crippen molar-refractivity contribution in [3.8, 4) is 27.7 Å². The van der Waals surface area contributed by atoms with Crippen LogP contribution in [-0.4, -0.2) is 33.5 Å². The van der Waals surface area contributed by atoms with E-state index in [4.69, 9.17) is 4.74 Å². The lowest BCUT2D eigenvalue weighted by molar-refractivity contribution is -0.274. The predicted molar refractivity (Wildman–Crippen MR) is 134 cm³/mol. The normalized spacial score (nSPS) is 16.2. The van der Waals surface area contributed by atoms with E-state index in [1.54, 1.807) is 31.2 Å². The van der Waals surface area contributed by atoms with E-state index >= 15 is 0 Å². The Balaban J connectivity index is 1.42. The molecule has 0 amide bonds. The van der Waals surface area contributed by atoms with Crippen LogP contribution in [0.1, 0.15) is 18.4 Å². The average molecular weight is 569 g/mol. The molecular weight excluding hydrogens is 547 g/mol. The number of aryl methyl sites for hydroxylation is 1. The molecule has 2 aromatic carbocycles. The number of aromatic amines is 1. The molecule has 7 nitrogen and oxygen atoms in total. The number of thiophene rings is 1. The van der Waals surface area contributed by atoms with E-state index in [-0.39, 0.29) is 23.4 Å². The number of aliphatic hydroxyl groups excluding tert-OH is 1. The minimum Gasteiger partial charge on any atom is -0.457 e. The van der Waals surface area contributed by atoms with Gasteiger partial charge in [0.2, 0.25) is 5.92 Å². The molecule has 5 rings (SSSR count). The topological polar surface area (TPSA) is 93.5 Å². The first kappa shape index (κ1) is 26.9. The lowest BCUT2D eigenvalue weighted by Gasteiger charge is -2.46. The molecule has 1 saturated carbocycles. The van der Waals surface area contributed by atoms with Crippen LogP contribution in [0.3, 0.4) is 0 Å². The van der Waals surface area contributed by atoms with Crippen molar-refractivity contribution in [2.75, 3.05) is 6.61 Å². The van der Waals surface area contributed by atoms with Crippen molar-refractivity contribution in [1.29, 1.82) is 0 Å². The van der Waals surface area contributed by atoms with E-state index < -0.39 is 48.4 Å². The second-order valence-electron chi connectivity index (χ2n) is 9.60. The average Bonchev–Trinajstić information content (AvgIpc) is 3.18. The molecule has 1 aliphatic rings. The fraction of sp³-hybridized carbons (Fsp3) is 0.308. The first-order chi connectivity index (χ1) is 18.3. The smallest absolute Gasteiger partial charge is 0.457 e. The van der Waals surface area contributed by atoms with Gasteiger partial charge in [-0.2, -0.15) is 0 Å². The molecule has 2 N–H and O–H groups in total. The number of fused-ring (bicyclic) bond motifs is 1. The molecule has 2 aromatic heterocycles. The van der Waals surface area contributed by atoms with Gasteiger partial charge < -0.3 is 14.6 Å². The van der Waals surface area contributed by atoms with Gasteiger partial charge in [-0.25, -0.2) is 13.6 Å². The number of hydrogen-bond donors (Lipinski definition) is 2. The molecular formula is C26H21F5N2O5S. The maximum Gasteiger partial charge on any atom is 0.573 e. The summed E-state index contributed by atoms with van der Waals surface area (Å²) in [5.74, 6) is -2.61. The van der Waals surface area contributed by atoms with Crippen LogP contribution in [0.5, 0.6) is 17.2 Å². The van der Waals surface area contributed by atoms with E-state index in [1.807, 2.05) is 0 Å². The molecule has 2 heterocycles. The predicted octanol–water partition coefficient (Wildman–Crippen LogP) is 5.83. The van der Waals surface area contributed by atoms with Crippen molar-refractivity contribution in [2.24, 2.45) is 5.41 Å². The molecule has 1 aliphatic carbocycles. The number of nitrogens with zero attached hydrogens (tertiary/aromatic N) is 1. The Labute approximate surface area is 221 Å². The summed E-state index contributed by atoms with van der Waals surface area (Å²) in [7, 11) is 0. The third-order valence-electron chi connectivity index (χ3n) is 6.57. The van der Waals surface area contributed by atoms with Gasteiger partial charge in [0.1, 0.15) is 22.1 Å². The van der Waals surface area contributed by atoms with Gasteiger partial charge in [-0.1, -0.05) is 0 Å². The summed E-state index contributed by atoms with van der Waals surface area (Å²) in [6.45, 7) is 1.03. The number of H-pyrrole nitrogens is 1. The van der Waals surface area contributed by atoms with Crippen LogP contribution < -0.4 is 20.7 Å². The molecule has 0 aliphatic heterocycles. The lowest BCUT2D eigenvalue weighted by Crippen LogP contribution is -2.52. The number of hydrogen-bond acceptors (Lipinski definition) is 6. The molecule has 0 atom stereocenters. The first-order valence-corrected chi connectivity index (χ1v) is 12.5. The second-order valence-corrected chi connectivity index (χ2v) is 10.6. The molecule has 39 heavy (non-hydrogen) atoms. The van der Waals surface area contributed by atoms with Crippen LogP contribution in [0.25, 0.3) is 20.7 Å². The fourth-order valence-corrected chi connectivity index (χ4v) is 6.18. The maximum atomic E-state index is 13.6. The van der Waals surface area contributed by atoms with E-state index in [9.17, 15) is 36.6 Å². The molecule has 0 unspecified atom stereocenters. The number of ether oxygens (including phenoxy) is 2. The number of halogens is 5. The number of alkyl halides is 5. The van der Waals surface area contributed by atoms with Gasteiger partial charge in [0, 0.05) is 29.7 Å².